The van der Waals surface area contributed by atoms with Crippen LogP contribution in [0, 0.1) is 0 Å². The number of carbonyl (C=O) groups is 1. The van der Waals surface area contributed by atoms with Crippen molar-refractivity contribution in [1.29, 1.82) is 0 Å². The van der Waals surface area contributed by atoms with Crippen LogP contribution in [-0.4, -0.2) is 21.4 Å². The van der Waals surface area contributed by atoms with E-state index >= 15 is 0 Å². The largest absolute Gasteiger partial charge is 0.417 e. The molecule has 5 nitrogen and oxygen atoms in total. The molecule has 9 heteroatoms. The molecule has 0 spiro atoms. The fourth-order valence-electron chi connectivity index (χ4n) is 2.35. The van der Waals surface area contributed by atoms with E-state index in [1.807, 2.05) is 0 Å². The van der Waals surface area contributed by atoms with E-state index in [1.165, 1.54) is 19.2 Å². The van der Waals surface area contributed by atoms with Gasteiger partial charge in [-0.2, -0.15) is 13.2 Å². The van der Waals surface area contributed by atoms with Crippen LogP contribution in [0.1, 0.15) is 27.0 Å². The first-order chi connectivity index (χ1) is 12.1. The molecule has 140 valence electrons. The molecule has 1 amide bonds. The number of sulfonamides is 1. The van der Waals surface area contributed by atoms with Crippen LogP contribution in [0.3, 0.4) is 0 Å². The molecule has 0 atom stereocenters. The van der Waals surface area contributed by atoms with Gasteiger partial charge in [-0.3, -0.25) is 4.79 Å². The minimum absolute atomic E-state index is 0.0968. The molecule has 0 aliphatic carbocycles. The Hall–Kier alpha value is -2.39. The minimum atomic E-state index is -4.65. The van der Waals surface area contributed by atoms with E-state index in [4.69, 9.17) is 0 Å². The summed E-state index contributed by atoms with van der Waals surface area (Å²) in [5, 5.41) is 2.42. The summed E-state index contributed by atoms with van der Waals surface area (Å²) in [6.07, 6.45) is -4.65. The normalized spacial score (nSPS) is 12.0. The van der Waals surface area contributed by atoms with Crippen LogP contribution in [0.15, 0.2) is 48.5 Å². The Morgan fingerprint density at radius 1 is 1.00 bits per heavy atom. The van der Waals surface area contributed by atoms with Gasteiger partial charge in [0, 0.05) is 6.54 Å². The van der Waals surface area contributed by atoms with Crippen molar-refractivity contribution in [1.82, 2.24) is 10.0 Å². The molecule has 2 N–H and O–H groups in total. The molecule has 0 saturated heterocycles. The zero-order valence-corrected chi connectivity index (χ0v) is 14.6. The molecular weight excluding hydrogens is 369 g/mol. The van der Waals surface area contributed by atoms with Gasteiger partial charge in [0.1, 0.15) is 0 Å². The van der Waals surface area contributed by atoms with Crippen LogP contribution < -0.4 is 10.0 Å². The summed E-state index contributed by atoms with van der Waals surface area (Å²) in [7, 11) is -2.24. The number of hydrogen-bond donors (Lipinski definition) is 2. The molecule has 0 aliphatic rings. The number of benzene rings is 2. The van der Waals surface area contributed by atoms with Crippen molar-refractivity contribution in [2.75, 3.05) is 7.05 Å². The van der Waals surface area contributed by atoms with Gasteiger partial charge in [0.25, 0.3) is 5.91 Å². The Balaban J connectivity index is 2.19. The van der Waals surface area contributed by atoms with Crippen molar-refractivity contribution in [3.63, 3.8) is 0 Å². The summed E-state index contributed by atoms with van der Waals surface area (Å²) in [5.74, 6) is -1.18. The molecule has 2 aromatic carbocycles. The molecule has 0 radical (unpaired) electrons. The molecule has 0 heterocycles. The van der Waals surface area contributed by atoms with E-state index < -0.39 is 33.2 Å². The first kappa shape index (κ1) is 19.9. The van der Waals surface area contributed by atoms with Crippen LogP contribution in [0.25, 0.3) is 0 Å². The fraction of sp³-hybridized carbons (Fsp3) is 0.235. The highest BCUT2D eigenvalue weighted by atomic mass is 32.2. The second-order valence-corrected chi connectivity index (χ2v) is 7.38. The maximum atomic E-state index is 13.0. The Labute approximate surface area is 149 Å². The third kappa shape index (κ3) is 5.06. The number of hydrogen-bond acceptors (Lipinski definition) is 3. The van der Waals surface area contributed by atoms with Gasteiger partial charge in [-0.25, -0.2) is 13.1 Å². The van der Waals surface area contributed by atoms with Gasteiger partial charge in [0.05, 0.1) is 16.9 Å². The number of rotatable bonds is 6. The van der Waals surface area contributed by atoms with Gasteiger partial charge >= 0.3 is 6.18 Å². The first-order valence-corrected chi connectivity index (χ1v) is 9.21. The van der Waals surface area contributed by atoms with Crippen LogP contribution in [-0.2, 0) is 28.5 Å². The SMILES string of the molecule is CNS(=O)(=O)Cc1ccccc1CNC(=O)c1ccccc1C(F)(F)F. The third-order valence-corrected chi connectivity index (χ3v) is 5.00. The summed E-state index contributed by atoms with van der Waals surface area (Å²) in [6, 6.07) is 11.0. The van der Waals surface area contributed by atoms with Crippen LogP contribution in [0.2, 0.25) is 0 Å². The molecule has 2 aromatic rings. The van der Waals surface area contributed by atoms with Gasteiger partial charge in [0.15, 0.2) is 0 Å². The average molecular weight is 386 g/mol. The summed E-state index contributed by atoms with van der Waals surface area (Å²) in [5.41, 5.74) is -0.556. The van der Waals surface area contributed by atoms with Crippen molar-refractivity contribution >= 4 is 15.9 Å². The zero-order valence-electron chi connectivity index (χ0n) is 13.8. The maximum absolute atomic E-state index is 13.0. The summed E-state index contributed by atoms with van der Waals surface area (Å²) >= 11 is 0. The van der Waals surface area contributed by atoms with E-state index in [0.29, 0.717) is 11.1 Å². The topological polar surface area (TPSA) is 75.3 Å². The average Bonchev–Trinajstić information content (AvgIpc) is 2.59. The van der Waals surface area contributed by atoms with E-state index in [9.17, 15) is 26.4 Å². The lowest BCUT2D eigenvalue weighted by Gasteiger charge is -2.14. The lowest BCUT2D eigenvalue weighted by molar-refractivity contribution is -0.137. The van der Waals surface area contributed by atoms with E-state index in [0.717, 1.165) is 12.1 Å². The van der Waals surface area contributed by atoms with Gasteiger partial charge in [-0.05, 0) is 30.3 Å². The summed E-state index contributed by atoms with van der Waals surface area (Å²) in [6.45, 7) is -0.0968. The molecule has 0 bridgehead atoms. The monoisotopic (exact) mass is 386 g/mol. The molecule has 0 unspecified atom stereocenters. The quantitative estimate of drug-likeness (QED) is 0.802. The molecule has 2 rings (SSSR count). The molecular formula is C17H17F3N2O3S. The summed E-state index contributed by atoms with van der Waals surface area (Å²) < 4.78 is 64.6. The number of carbonyl (C=O) groups excluding carboxylic acids is 1. The minimum Gasteiger partial charge on any atom is -0.348 e. The smallest absolute Gasteiger partial charge is 0.348 e. The van der Waals surface area contributed by atoms with Crippen LogP contribution in [0.4, 0.5) is 13.2 Å². The number of halogens is 3. The van der Waals surface area contributed by atoms with Crippen molar-refractivity contribution in [3.05, 3.63) is 70.8 Å². The molecule has 0 aromatic heterocycles. The highest BCUT2D eigenvalue weighted by Crippen LogP contribution is 2.31. The van der Waals surface area contributed by atoms with E-state index in [2.05, 4.69) is 10.0 Å². The second kappa shape index (κ2) is 7.88. The van der Waals surface area contributed by atoms with Crippen molar-refractivity contribution in [3.8, 4) is 0 Å². The molecule has 26 heavy (non-hydrogen) atoms. The number of amides is 1. The predicted molar refractivity (Wildman–Crippen MR) is 90.7 cm³/mol. The predicted octanol–water partition coefficient (Wildman–Crippen LogP) is 2.68. The van der Waals surface area contributed by atoms with Crippen molar-refractivity contribution in [2.24, 2.45) is 0 Å². The highest BCUT2D eigenvalue weighted by molar-refractivity contribution is 7.88. The van der Waals surface area contributed by atoms with Crippen LogP contribution >= 0.6 is 0 Å². The second-order valence-electron chi connectivity index (χ2n) is 5.46. The fourth-order valence-corrected chi connectivity index (χ4v) is 3.18. The zero-order chi connectivity index (χ0) is 19.4. The third-order valence-electron chi connectivity index (χ3n) is 3.69. The number of nitrogens with one attached hydrogen (secondary N) is 2. The van der Waals surface area contributed by atoms with E-state index in [-0.39, 0.29) is 12.3 Å². The van der Waals surface area contributed by atoms with Gasteiger partial charge in [-0.1, -0.05) is 36.4 Å². The van der Waals surface area contributed by atoms with Gasteiger partial charge < -0.3 is 5.32 Å². The maximum Gasteiger partial charge on any atom is 0.417 e. The van der Waals surface area contributed by atoms with Gasteiger partial charge in [0.2, 0.25) is 10.0 Å². The Morgan fingerprint density at radius 3 is 2.19 bits per heavy atom. The Kier molecular flexibility index (Phi) is 6.04. The standard InChI is InChI=1S/C17H17F3N2O3S/c1-21-26(24,25)11-13-7-3-2-6-12(13)10-22-16(23)14-8-4-5-9-15(14)17(18,19)20/h2-9,21H,10-11H2,1H3,(H,22,23). The lowest BCUT2D eigenvalue weighted by Crippen LogP contribution is -2.27. The van der Waals surface area contributed by atoms with Crippen LogP contribution in [0.5, 0.6) is 0 Å². The number of alkyl halides is 3. The lowest BCUT2D eigenvalue weighted by atomic mass is 10.1. The molecule has 0 aliphatic heterocycles. The first-order valence-electron chi connectivity index (χ1n) is 7.56. The van der Waals surface area contributed by atoms with Crippen molar-refractivity contribution in [2.45, 2.75) is 18.5 Å². The Bertz CT molecular complexity index is 896. The van der Waals surface area contributed by atoms with Gasteiger partial charge in [-0.15, -0.1) is 0 Å². The highest BCUT2D eigenvalue weighted by Gasteiger charge is 2.34. The van der Waals surface area contributed by atoms with Crippen molar-refractivity contribution < 1.29 is 26.4 Å². The summed E-state index contributed by atoms with van der Waals surface area (Å²) in [4.78, 5) is 12.2. The molecule has 0 fully saturated rings. The van der Waals surface area contributed by atoms with E-state index in [1.54, 1.807) is 24.3 Å². The Morgan fingerprint density at radius 2 is 1.58 bits per heavy atom. The molecule has 0 saturated carbocycles.